The molecular formula is C12H10Br2FNO. The molecule has 2 aromatic rings. The van der Waals surface area contributed by atoms with E-state index in [1.54, 1.807) is 6.07 Å². The zero-order valence-electron chi connectivity index (χ0n) is 9.01. The summed E-state index contributed by atoms with van der Waals surface area (Å²) in [4.78, 5) is 0. The van der Waals surface area contributed by atoms with Crippen molar-refractivity contribution in [3.8, 4) is 0 Å². The number of hydrogen-bond donors (Lipinski definition) is 1. The molecule has 0 saturated carbocycles. The highest BCUT2D eigenvalue weighted by Gasteiger charge is 2.11. The molecule has 0 radical (unpaired) electrons. The molecule has 0 aliphatic carbocycles. The van der Waals surface area contributed by atoms with Crippen molar-refractivity contribution in [3.05, 3.63) is 51.1 Å². The largest absolute Gasteiger partial charge is 0.452 e. The second kappa shape index (κ2) is 5.23. The number of nitrogens with one attached hydrogen (secondary N) is 1. The molecule has 5 heteroatoms. The van der Waals surface area contributed by atoms with Crippen LogP contribution in [0.3, 0.4) is 0 Å². The van der Waals surface area contributed by atoms with Crippen LogP contribution in [-0.4, -0.2) is 0 Å². The monoisotopic (exact) mass is 361 g/mol. The van der Waals surface area contributed by atoms with Crippen LogP contribution in [-0.2, 0) is 0 Å². The topological polar surface area (TPSA) is 25.2 Å². The molecule has 0 amide bonds. The third-order valence-corrected chi connectivity index (χ3v) is 3.44. The number of anilines is 1. The minimum atomic E-state index is -0.275. The van der Waals surface area contributed by atoms with Crippen LogP contribution in [0, 0.1) is 5.82 Å². The van der Waals surface area contributed by atoms with E-state index >= 15 is 0 Å². The van der Waals surface area contributed by atoms with E-state index in [9.17, 15) is 4.39 Å². The Balaban J connectivity index is 2.18. The Hall–Kier alpha value is -0.810. The predicted molar refractivity (Wildman–Crippen MR) is 72.5 cm³/mol. The van der Waals surface area contributed by atoms with Crippen molar-refractivity contribution < 1.29 is 8.81 Å². The SMILES string of the molecule is CC(Nc1cc(F)ccc1Br)c1ccc(Br)o1. The first-order chi connectivity index (χ1) is 8.06. The fourth-order valence-corrected chi connectivity index (χ4v) is 2.15. The van der Waals surface area contributed by atoms with Gasteiger partial charge in [0.05, 0.1) is 11.7 Å². The molecule has 2 rings (SSSR count). The zero-order valence-corrected chi connectivity index (χ0v) is 12.2. The summed E-state index contributed by atoms with van der Waals surface area (Å²) in [5.41, 5.74) is 0.699. The van der Waals surface area contributed by atoms with Gasteiger partial charge in [-0.3, -0.25) is 0 Å². The molecule has 1 aromatic heterocycles. The lowest BCUT2D eigenvalue weighted by molar-refractivity contribution is 0.471. The Morgan fingerprint density at radius 2 is 2.00 bits per heavy atom. The molecule has 17 heavy (non-hydrogen) atoms. The maximum absolute atomic E-state index is 13.1. The van der Waals surface area contributed by atoms with Crippen LogP contribution >= 0.6 is 31.9 Å². The Morgan fingerprint density at radius 1 is 1.24 bits per heavy atom. The highest BCUT2D eigenvalue weighted by atomic mass is 79.9. The number of hydrogen-bond acceptors (Lipinski definition) is 2. The molecule has 2 nitrogen and oxygen atoms in total. The number of furan rings is 1. The smallest absolute Gasteiger partial charge is 0.169 e. The van der Waals surface area contributed by atoms with Gasteiger partial charge < -0.3 is 9.73 Å². The highest BCUT2D eigenvalue weighted by molar-refractivity contribution is 9.10. The molecule has 1 aromatic carbocycles. The standard InChI is InChI=1S/C12H10Br2FNO/c1-7(11-4-5-12(14)17-11)16-10-6-8(15)2-3-9(10)13/h2-7,16H,1H3. The summed E-state index contributed by atoms with van der Waals surface area (Å²) in [6.45, 7) is 1.95. The molecule has 90 valence electrons. The number of benzene rings is 1. The molecule has 1 heterocycles. The van der Waals surface area contributed by atoms with E-state index in [1.165, 1.54) is 12.1 Å². The average molecular weight is 363 g/mol. The maximum Gasteiger partial charge on any atom is 0.169 e. The van der Waals surface area contributed by atoms with Crippen molar-refractivity contribution >= 4 is 37.5 Å². The molecule has 0 aliphatic heterocycles. The summed E-state index contributed by atoms with van der Waals surface area (Å²) >= 11 is 6.62. The lowest BCUT2D eigenvalue weighted by atomic mass is 10.2. The predicted octanol–water partition coefficient (Wildman–Crippen LogP) is 5.12. The summed E-state index contributed by atoms with van der Waals surface area (Å²) in [7, 11) is 0. The fourth-order valence-electron chi connectivity index (χ4n) is 1.47. The van der Waals surface area contributed by atoms with Crippen molar-refractivity contribution in [1.29, 1.82) is 0 Å². The van der Waals surface area contributed by atoms with Gasteiger partial charge in [0.2, 0.25) is 0 Å². The van der Waals surface area contributed by atoms with Gasteiger partial charge in [-0.15, -0.1) is 0 Å². The van der Waals surface area contributed by atoms with E-state index in [0.29, 0.717) is 10.4 Å². The van der Waals surface area contributed by atoms with Crippen LogP contribution in [0.25, 0.3) is 0 Å². The molecular weight excluding hydrogens is 353 g/mol. The van der Waals surface area contributed by atoms with Gasteiger partial charge in [-0.1, -0.05) is 0 Å². The molecule has 0 bridgehead atoms. The maximum atomic E-state index is 13.1. The molecule has 1 atom stereocenters. The Bertz CT molecular complexity index is 527. The van der Waals surface area contributed by atoms with Crippen LogP contribution in [0.15, 0.2) is 43.9 Å². The lowest BCUT2D eigenvalue weighted by Crippen LogP contribution is -2.06. The van der Waals surface area contributed by atoms with Gasteiger partial charge in [0.25, 0.3) is 0 Å². The van der Waals surface area contributed by atoms with Crippen molar-refractivity contribution in [1.82, 2.24) is 0 Å². The summed E-state index contributed by atoms with van der Waals surface area (Å²) in [6.07, 6.45) is 0. The third kappa shape index (κ3) is 3.10. The minimum Gasteiger partial charge on any atom is -0.452 e. The van der Waals surface area contributed by atoms with Crippen molar-refractivity contribution in [2.75, 3.05) is 5.32 Å². The van der Waals surface area contributed by atoms with Crippen molar-refractivity contribution in [2.24, 2.45) is 0 Å². The van der Waals surface area contributed by atoms with Gasteiger partial charge in [0, 0.05) is 4.47 Å². The van der Waals surface area contributed by atoms with Crippen molar-refractivity contribution in [3.63, 3.8) is 0 Å². The van der Waals surface area contributed by atoms with Gasteiger partial charge in [-0.25, -0.2) is 4.39 Å². The first-order valence-electron chi connectivity index (χ1n) is 5.03. The van der Waals surface area contributed by atoms with E-state index in [-0.39, 0.29) is 11.9 Å². The Labute approximate surface area is 115 Å². The summed E-state index contributed by atoms with van der Waals surface area (Å²) in [5.74, 6) is 0.511. The second-order valence-corrected chi connectivity index (χ2v) is 5.27. The van der Waals surface area contributed by atoms with Crippen LogP contribution in [0.5, 0.6) is 0 Å². The quantitative estimate of drug-likeness (QED) is 0.819. The van der Waals surface area contributed by atoms with Crippen LogP contribution < -0.4 is 5.32 Å². The molecule has 0 saturated heterocycles. The van der Waals surface area contributed by atoms with Crippen LogP contribution in [0.1, 0.15) is 18.7 Å². The molecule has 1 unspecified atom stereocenters. The van der Waals surface area contributed by atoms with Gasteiger partial charge >= 0.3 is 0 Å². The fraction of sp³-hybridized carbons (Fsp3) is 0.167. The van der Waals surface area contributed by atoms with E-state index in [0.717, 1.165) is 10.2 Å². The second-order valence-electron chi connectivity index (χ2n) is 3.63. The van der Waals surface area contributed by atoms with Crippen molar-refractivity contribution in [2.45, 2.75) is 13.0 Å². The van der Waals surface area contributed by atoms with Gasteiger partial charge in [0.1, 0.15) is 11.6 Å². The Kier molecular flexibility index (Phi) is 3.89. The molecule has 0 spiro atoms. The molecule has 0 aliphatic rings. The normalized spacial score (nSPS) is 12.5. The van der Waals surface area contributed by atoms with E-state index in [1.807, 2.05) is 19.1 Å². The van der Waals surface area contributed by atoms with Gasteiger partial charge in [0.15, 0.2) is 4.67 Å². The molecule has 0 fully saturated rings. The average Bonchev–Trinajstić information content (AvgIpc) is 2.70. The first kappa shape index (κ1) is 12.6. The first-order valence-corrected chi connectivity index (χ1v) is 6.61. The van der Waals surface area contributed by atoms with Gasteiger partial charge in [-0.2, -0.15) is 0 Å². The molecule has 1 N–H and O–H groups in total. The highest BCUT2D eigenvalue weighted by Crippen LogP contribution is 2.28. The zero-order chi connectivity index (χ0) is 12.4. The summed E-state index contributed by atoms with van der Waals surface area (Å²) < 4.78 is 20.0. The lowest BCUT2D eigenvalue weighted by Gasteiger charge is -2.14. The van der Waals surface area contributed by atoms with Crippen LogP contribution in [0.4, 0.5) is 10.1 Å². The Morgan fingerprint density at radius 3 is 2.65 bits per heavy atom. The van der Waals surface area contributed by atoms with E-state index in [4.69, 9.17) is 4.42 Å². The summed E-state index contributed by atoms with van der Waals surface area (Å²) in [6, 6.07) is 8.17. The van der Waals surface area contributed by atoms with E-state index in [2.05, 4.69) is 37.2 Å². The minimum absolute atomic E-state index is 0.0422. The van der Waals surface area contributed by atoms with Crippen LogP contribution in [0.2, 0.25) is 0 Å². The van der Waals surface area contributed by atoms with Gasteiger partial charge in [-0.05, 0) is 69.1 Å². The number of halogens is 3. The summed E-state index contributed by atoms with van der Waals surface area (Å²) in [5, 5.41) is 3.18. The number of rotatable bonds is 3. The third-order valence-electron chi connectivity index (χ3n) is 2.32. The van der Waals surface area contributed by atoms with E-state index < -0.39 is 0 Å².